The van der Waals surface area contributed by atoms with Crippen molar-refractivity contribution in [3.63, 3.8) is 0 Å². The Balaban J connectivity index is 2.87. The van der Waals surface area contributed by atoms with Gasteiger partial charge in [0.25, 0.3) is 0 Å². The zero-order chi connectivity index (χ0) is 15.3. The molecule has 0 unspecified atom stereocenters. The summed E-state index contributed by atoms with van der Waals surface area (Å²) in [4.78, 5) is 3.43. The Morgan fingerprint density at radius 1 is 1.40 bits per heavy atom. The molecule has 0 aliphatic rings. The largest absolute Gasteiger partial charge is 0.477 e. The van der Waals surface area contributed by atoms with Crippen molar-refractivity contribution in [3.8, 4) is 5.88 Å². The highest BCUT2D eigenvalue weighted by Gasteiger charge is 2.33. The molecule has 2 N–H and O–H groups in total. The van der Waals surface area contributed by atoms with Gasteiger partial charge in [0, 0.05) is 0 Å². The number of rotatable bonds is 6. The number of halogens is 3. The van der Waals surface area contributed by atoms with Crippen LogP contribution in [-0.4, -0.2) is 16.6 Å². The Bertz CT molecular complexity index is 475. The molecule has 7 heteroatoms. The van der Waals surface area contributed by atoms with Gasteiger partial charge in [-0.1, -0.05) is 26.1 Å². The van der Waals surface area contributed by atoms with E-state index >= 15 is 0 Å². The highest BCUT2D eigenvalue weighted by molar-refractivity contribution is 7.80. The quantitative estimate of drug-likeness (QED) is 0.645. The minimum absolute atomic E-state index is 0.0370. The Kier molecular flexibility index (Phi) is 5.74. The first kappa shape index (κ1) is 16.7. The van der Waals surface area contributed by atoms with Crippen molar-refractivity contribution in [2.75, 3.05) is 6.61 Å². The second kappa shape index (κ2) is 6.88. The minimum atomic E-state index is -4.52. The third kappa shape index (κ3) is 4.96. The summed E-state index contributed by atoms with van der Waals surface area (Å²) in [5.41, 5.74) is 4.66. The molecule has 1 heterocycles. The van der Waals surface area contributed by atoms with E-state index in [4.69, 9.17) is 22.7 Å². The summed E-state index contributed by atoms with van der Waals surface area (Å²) in [7, 11) is 0. The summed E-state index contributed by atoms with van der Waals surface area (Å²) in [6, 6.07) is 2.03. The Morgan fingerprint density at radius 3 is 2.55 bits per heavy atom. The molecule has 112 valence electrons. The third-order valence-electron chi connectivity index (χ3n) is 2.58. The predicted molar refractivity (Wildman–Crippen MR) is 74.7 cm³/mol. The van der Waals surface area contributed by atoms with Gasteiger partial charge in [-0.05, 0) is 30.9 Å². The van der Waals surface area contributed by atoms with Crippen molar-refractivity contribution in [2.24, 2.45) is 11.7 Å². The first-order valence-corrected chi connectivity index (χ1v) is 6.63. The standard InChI is InChI=1S/C13H17F3N2OS/c1-8(2)4-3-7-19-12-9(11(17)20)5-6-10(18-12)13(14,15)16/h5-6,8H,3-4,7H2,1-2H3,(H2,17,20). The van der Waals surface area contributed by atoms with Gasteiger partial charge in [0.1, 0.15) is 10.7 Å². The zero-order valence-corrected chi connectivity index (χ0v) is 12.1. The van der Waals surface area contributed by atoms with E-state index in [0.717, 1.165) is 18.9 Å². The molecule has 1 aromatic rings. The van der Waals surface area contributed by atoms with Gasteiger partial charge in [0.15, 0.2) is 0 Å². The second-order valence-corrected chi connectivity index (χ2v) is 5.24. The van der Waals surface area contributed by atoms with Gasteiger partial charge in [0.2, 0.25) is 5.88 Å². The van der Waals surface area contributed by atoms with E-state index < -0.39 is 11.9 Å². The molecule has 0 bridgehead atoms. The fourth-order valence-electron chi connectivity index (χ4n) is 1.56. The van der Waals surface area contributed by atoms with E-state index in [9.17, 15) is 13.2 Å². The van der Waals surface area contributed by atoms with Gasteiger partial charge >= 0.3 is 6.18 Å². The van der Waals surface area contributed by atoms with Crippen molar-refractivity contribution in [2.45, 2.75) is 32.9 Å². The lowest BCUT2D eigenvalue weighted by atomic mass is 10.1. The maximum Gasteiger partial charge on any atom is 0.433 e. The van der Waals surface area contributed by atoms with Crippen molar-refractivity contribution in [3.05, 3.63) is 23.4 Å². The van der Waals surface area contributed by atoms with Gasteiger partial charge in [-0.3, -0.25) is 0 Å². The number of nitrogens with two attached hydrogens (primary N) is 1. The number of alkyl halides is 3. The summed E-state index contributed by atoms with van der Waals surface area (Å²) in [5.74, 6) is 0.346. The normalized spacial score (nSPS) is 11.7. The molecule has 0 radical (unpaired) electrons. The molecule has 0 spiro atoms. The highest BCUT2D eigenvalue weighted by Crippen LogP contribution is 2.30. The average Bonchev–Trinajstić information content (AvgIpc) is 2.32. The van der Waals surface area contributed by atoms with Crippen molar-refractivity contribution < 1.29 is 17.9 Å². The van der Waals surface area contributed by atoms with E-state index in [2.05, 4.69) is 18.8 Å². The van der Waals surface area contributed by atoms with Gasteiger partial charge < -0.3 is 10.5 Å². The maximum absolute atomic E-state index is 12.6. The van der Waals surface area contributed by atoms with E-state index in [-0.39, 0.29) is 23.0 Å². The molecule has 1 aromatic heterocycles. The van der Waals surface area contributed by atoms with Crippen LogP contribution in [0.15, 0.2) is 12.1 Å². The Labute approximate surface area is 121 Å². The number of aromatic nitrogens is 1. The zero-order valence-electron chi connectivity index (χ0n) is 11.3. The fraction of sp³-hybridized carbons (Fsp3) is 0.538. The van der Waals surface area contributed by atoms with Gasteiger partial charge in [-0.2, -0.15) is 13.2 Å². The molecule has 0 atom stereocenters. The Hall–Kier alpha value is -1.37. The molecular formula is C13H17F3N2OS. The lowest BCUT2D eigenvalue weighted by Gasteiger charge is -2.13. The number of nitrogens with zero attached hydrogens (tertiary/aromatic N) is 1. The lowest BCUT2D eigenvalue weighted by Crippen LogP contribution is -2.16. The summed E-state index contributed by atoms with van der Waals surface area (Å²) in [5, 5.41) is 0. The highest BCUT2D eigenvalue weighted by atomic mass is 32.1. The van der Waals surface area contributed by atoms with E-state index in [1.165, 1.54) is 6.07 Å². The molecule has 3 nitrogen and oxygen atoms in total. The number of thiocarbonyl (C=S) groups is 1. The third-order valence-corrected chi connectivity index (χ3v) is 2.80. The molecule has 0 aliphatic carbocycles. The second-order valence-electron chi connectivity index (χ2n) is 4.80. The molecule has 0 aliphatic heterocycles. The SMILES string of the molecule is CC(C)CCCOc1nc(C(F)(F)F)ccc1C(N)=S. The molecule has 0 fully saturated rings. The van der Waals surface area contributed by atoms with Crippen LogP contribution >= 0.6 is 12.2 Å². The summed E-state index contributed by atoms with van der Waals surface area (Å²) >= 11 is 4.78. The molecule has 0 saturated heterocycles. The summed E-state index contributed by atoms with van der Waals surface area (Å²) in [6.45, 7) is 4.40. The van der Waals surface area contributed by atoms with E-state index in [1.54, 1.807) is 0 Å². The van der Waals surface area contributed by atoms with Crippen LogP contribution in [0.1, 0.15) is 37.9 Å². The molecule has 0 amide bonds. The van der Waals surface area contributed by atoms with Crippen LogP contribution < -0.4 is 10.5 Å². The average molecular weight is 306 g/mol. The smallest absolute Gasteiger partial charge is 0.433 e. The van der Waals surface area contributed by atoms with Crippen LogP contribution in [-0.2, 0) is 6.18 Å². The summed E-state index contributed by atoms with van der Waals surface area (Å²) < 4.78 is 43.1. The number of hydrogen-bond donors (Lipinski definition) is 1. The van der Waals surface area contributed by atoms with Gasteiger partial charge in [-0.15, -0.1) is 0 Å². The number of pyridine rings is 1. The van der Waals surface area contributed by atoms with Crippen molar-refractivity contribution in [1.29, 1.82) is 0 Å². The lowest BCUT2D eigenvalue weighted by molar-refractivity contribution is -0.141. The number of hydrogen-bond acceptors (Lipinski definition) is 3. The first-order chi connectivity index (χ1) is 9.21. The minimum Gasteiger partial charge on any atom is -0.477 e. The van der Waals surface area contributed by atoms with Crippen LogP contribution in [0.2, 0.25) is 0 Å². The van der Waals surface area contributed by atoms with Crippen LogP contribution in [0.4, 0.5) is 13.2 Å². The topological polar surface area (TPSA) is 48.1 Å². The van der Waals surface area contributed by atoms with E-state index in [1.807, 2.05) is 0 Å². The van der Waals surface area contributed by atoms with Gasteiger partial charge in [0.05, 0.1) is 12.2 Å². The van der Waals surface area contributed by atoms with Crippen molar-refractivity contribution >= 4 is 17.2 Å². The summed E-state index contributed by atoms with van der Waals surface area (Å²) in [6.07, 6.45) is -2.88. The van der Waals surface area contributed by atoms with Gasteiger partial charge in [-0.25, -0.2) is 4.98 Å². The van der Waals surface area contributed by atoms with E-state index in [0.29, 0.717) is 5.92 Å². The van der Waals surface area contributed by atoms with Crippen LogP contribution in [0.25, 0.3) is 0 Å². The van der Waals surface area contributed by atoms with Crippen molar-refractivity contribution in [1.82, 2.24) is 4.98 Å². The molecule has 20 heavy (non-hydrogen) atoms. The van der Waals surface area contributed by atoms with Crippen LogP contribution in [0.3, 0.4) is 0 Å². The van der Waals surface area contributed by atoms with Crippen LogP contribution in [0, 0.1) is 5.92 Å². The molecule has 1 rings (SSSR count). The Morgan fingerprint density at radius 2 is 2.05 bits per heavy atom. The predicted octanol–water partition coefficient (Wildman–Crippen LogP) is 3.55. The fourth-order valence-corrected chi connectivity index (χ4v) is 1.71. The molecule has 0 saturated carbocycles. The van der Waals surface area contributed by atoms with Crippen LogP contribution in [0.5, 0.6) is 5.88 Å². The number of ether oxygens (including phenoxy) is 1. The molecule has 0 aromatic carbocycles. The monoisotopic (exact) mass is 306 g/mol. The first-order valence-electron chi connectivity index (χ1n) is 6.22. The molecular weight excluding hydrogens is 289 g/mol. The maximum atomic E-state index is 12.6.